The second-order valence-electron chi connectivity index (χ2n) is 7.03. The smallest absolute Gasteiger partial charge is 0.340 e. The topological polar surface area (TPSA) is 100 Å². The molecule has 27 heavy (non-hydrogen) atoms. The van der Waals surface area contributed by atoms with Crippen molar-refractivity contribution in [3.8, 4) is 5.75 Å². The van der Waals surface area contributed by atoms with Crippen LogP contribution in [0.15, 0.2) is 29.1 Å². The second kappa shape index (κ2) is 7.96. The van der Waals surface area contributed by atoms with Gasteiger partial charge in [-0.1, -0.05) is 0 Å². The van der Waals surface area contributed by atoms with Crippen molar-refractivity contribution in [1.82, 2.24) is 20.1 Å². The van der Waals surface area contributed by atoms with Crippen LogP contribution in [0.3, 0.4) is 0 Å². The Morgan fingerprint density at radius 3 is 2.63 bits per heavy atom. The van der Waals surface area contributed by atoms with Crippen molar-refractivity contribution in [3.63, 3.8) is 0 Å². The van der Waals surface area contributed by atoms with Crippen molar-refractivity contribution in [2.45, 2.75) is 44.2 Å². The van der Waals surface area contributed by atoms with Crippen LogP contribution in [0.2, 0.25) is 0 Å². The first-order valence-electron chi connectivity index (χ1n) is 9.51. The zero-order valence-electron chi connectivity index (χ0n) is 15.1. The van der Waals surface area contributed by atoms with Gasteiger partial charge in [-0.3, -0.25) is 9.78 Å². The van der Waals surface area contributed by atoms with Crippen LogP contribution in [0.1, 0.15) is 54.3 Å². The van der Waals surface area contributed by atoms with Gasteiger partial charge in [0, 0.05) is 24.9 Å². The van der Waals surface area contributed by atoms with Gasteiger partial charge in [0.05, 0.1) is 19.3 Å². The molecule has 8 nitrogen and oxygen atoms in total. The van der Waals surface area contributed by atoms with E-state index in [0.29, 0.717) is 17.9 Å². The van der Waals surface area contributed by atoms with Crippen LogP contribution < -0.4 is 10.4 Å². The predicted molar refractivity (Wildman–Crippen MR) is 97.7 cm³/mol. The van der Waals surface area contributed by atoms with Crippen molar-refractivity contribution in [3.05, 3.63) is 46.1 Å². The molecule has 2 saturated heterocycles. The maximum absolute atomic E-state index is 13.0. The van der Waals surface area contributed by atoms with Gasteiger partial charge in [0.1, 0.15) is 11.9 Å². The van der Waals surface area contributed by atoms with Crippen LogP contribution in [-0.4, -0.2) is 51.9 Å². The van der Waals surface area contributed by atoms with E-state index in [1.807, 2.05) is 12.1 Å². The summed E-state index contributed by atoms with van der Waals surface area (Å²) in [5.41, 5.74) is 0.261. The molecule has 0 radical (unpaired) electrons. The van der Waals surface area contributed by atoms with E-state index in [-0.39, 0.29) is 23.7 Å². The molecule has 1 amide bonds. The number of nitrogens with one attached hydrogen (secondary N) is 2. The first kappa shape index (κ1) is 17.8. The van der Waals surface area contributed by atoms with Crippen LogP contribution in [0.25, 0.3) is 0 Å². The summed E-state index contributed by atoms with van der Waals surface area (Å²) in [6, 6.07) is 7.09. The fourth-order valence-corrected chi connectivity index (χ4v) is 3.73. The van der Waals surface area contributed by atoms with Crippen molar-refractivity contribution in [1.29, 1.82) is 0 Å². The van der Waals surface area contributed by atoms with Crippen molar-refractivity contribution in [2.24, 2.45) is 0 Å². The molecule has 4 rings (SSSR count). The molecule has 3 heterocycles. The largest absolute Gasteiger partial charge is 0.490 e. The number of amides is 1. The number of benzene rings is 1. The number of aromatic amines is 2. The van der Waals surface area contributed by atoms with Gasteiger partial charge in [-0.25, -0.2) is 9.89 Å². The quantitative estimate of drug-likeness (QED) is 0.855. The summed E-state index contributed by atoms with van der Waals surface area (Å²) in [7, 11) is 0. The average molecular weight is 372 g/mol. The summed E-state index contributed by atoms with van der Waals surface area (Å²) in [5, 5.41) is 6.41. The van der Waals surface area contributed by atoms with Crippen molar-refractivity contribution < 1.29 is 14.3 Å². The Kier molecular flexibility index (Phi) is 5.24. The third-order valence-electron chi connectivity index (χ3n) is 5.17. The van der Waals surface area contributed by atoms with Gasteiger partial charge < -0.3 is 14.4 Å². The second-order valence-corrected chi connectivity index (χ2v) is 7.03. The van der Waals surface area contributed by atoms with Gasteiger partial charge in [-0.05, 0) is 43.5 Å². The van der Waals surface area contributed by atoms with Gasteiger partial charge in [-0.2, -0.15) is 5.10 Å². The molecule has 144 valence electrons. The Hall–Kier alpha value is -2.61. The maximum atomic E-state index is 13.0. The normalized spacial score (nSPS) is 21.2. The van der Waals surface area contributed by atoms with E-state index in [2.05, 4.69) is 15.2 Å². The standard InChI is InChI=1S/C19H24N4O4/c24-18(23-10-2-1-3-16(23)17-20-19(25)22-21-17)13-4-6-14(7-5-13)27-15-8-11-26-12-9-15/h4-7,15-16H,1-3,8-12H2,(H2,20,21,22,25)/t16-/m1/s1. The van der Waals surface area contributed by atoms with E-state index in [0.717, 1.165) is 51.1 Å². The number of H-pyrrole nitrogens is 2. The fraction of sp³-hybridized carbons (Fsp3) is 0.526. The van der Waals surface area contributed by atoms with E-state index >= 15 is 0 Å². The number of rotatable bonds is 4. The molecular formula is C19H24N4O4. The maximum Gasteiger partial charge on any atom is 0.340 e. The highest BCUT2D eigenvalue weighted by molar-refractivity contribution is 5.94. The molecule has 0 spiro atoms. The molecule has 0 unspecified atom stereocenters. The fourth-order valence-electron chi connectivity index (χ4n) is 3.73. The van der Waals surface area contributed by atoms with E-state index in [4.69, 9.17) is 9.47 Å². The summed E-state index contributed by atoms with van der Waals surface area (Å²) in [6.07, 6.45) is 4.68. The summed E-state index contributed by atoms with van der Waals surface area (Å²) in [6.45, 7) is 2.11. The third-order valence-corrected chi connectivity index (χ3v) is 5.17. The summed E-state index contributed by atoms with van der Waals surface area (Å²) in [4.78, 5) is 28.9. The Balaban J connectivity index is 1.46. The van der Waals surface area contributed by atoms with Crippen molar-refractivity contribution in [2.75, 3.05) is 19.8 Å². The highest BCUT2D eigenvalue weighted by Crippen LogP contribution is 2.30. The number of hydrogen-bond donors (Lipinski definition) is 2. The van der Waals surface area contributed by atoms with Gasteiger partial charge >= 0.3 is 5.69 Å². The number of piperidine rings is 1. The SMILES string of the molecule is O=C(c1ccc(OC2CCOCC2)cc1)N1CCCC[C@@H]1c1n[nH]c(=O)[nH]1. The Morgan fingerprint density at radius 2 is 1.93 bits per heavy atom. The monoisotopic (exact) mass is 372 g/mol. The Labute approximate surface area is 156 Å². The summed E-state index contributed by atoms with van der Waals surface area (Å²) in [5.74, 6) is 1.24. The first-order valence-corrected chi connectivity index (χ1v) is 9.51. The molecule has 2 N–H and O–H groups in total. The Morgan fingerprint density at radius 1 is 1.15 bits per heavy atom. The van der Waals surface area contributed by atoms with Gasteiger partial charge in [0.2, 0.25) is 0 Å². The Bertz CT molecular complexity index is 823. The third kappa shape index (κ3) is 4.05. The zero-order valence-corrected chi connectivity index (χ0v) is 15.1. The van der Waals surface area contributed by atoms with E-state index in [9.17, 15) is 9.59 Å². The molecule has 2 aliphatic rings. The predicted octanol–water partition coefficient (Wildman–Crippen LogP) is 2.02. The van der Waals surface area contributed by atoms with E-state index < -0.39 is 0 Å². The highest BCUT2D eigenvalue weighted by atomic mass is 16.5. The lowest BCUT2D eigenvalue weighted by Gasteiger charge is -2.34. The zero-order chi connectivity index (χ0) is 18.6. The van der Waals surface area contributed by atoms with Crippen LogP contribution in [0.4, 0.5) is 0 Å². The molecule has 1 atom stereocenters. The van der Waals surface area contributed by atoms with Gasteiger partial charge in [0.15, 0.2) is 5.82 Å². The number of hydrogen-bond acceptors (Lipinski definition) is 5. The molecule has 0 bridgehead atoms. The number of carbonyl (C=O) groups is 1. The minimum Gasteiger partial charge on any atom is -0.490 e. The number of ether oxygens (including phenoxy) is 2. The first-order chi connectivity index (χ1) is 13.2. The highest BCUT2D eigenvalue weighted by Gasteiger charge is 2.31. The molecule has 1 aromatic carbocycles. The van der Waals surface area contributed by atoms with Crippen LogP contribution in [0, 0.1) is 0 Å². The van der Waals surface area contributed by atoms with Gasteiger partial charge in [0.25, 0.3) is 5.91 Å². The average Bonchev–Trinajstić information content (AvgIpc) is 3.15. The van der Waals surface area contributed by atoms with Gasteiger partial charge in [-0.15, -0.1) is 0 Å². The molecule has 2 aromatic rings. The number of likely N-dealkylation sites (tertiary alicyclic amines) is 1. The molecule has 2 aliphatic heterocycles. The number of nitrogens with zero attached hydrogens (tertiary/aromatic N) is 2. The molecule has 1 aromatic heterocycles. The molecule has 0 aliphatic carbocycles. The molecular weight excluding hydrogens is 348 g/mol. The summed E-state index contributed by atoms with van der Waals surface area (Å²) < 4.78 is 11.3. The van der Waals surface area contributed by atoms with E-state index in [1.165, 1.54) is 0 Å². The van der Waals surface area contributed by atoms with Crippen molar-refractivity contribution >= 4 is 5.91 Å². The minimum atomic E-state index is -0.349. The molecule has 0 saturated carbocycles. The molecule has 8 heteroatoms. The molecule has 2 fully saturated rings. The lowest BCUT2D eigenvalue weighted by Crippen LogP contribution is -2.39. The number of aromatic nitrogens is 3. The van der Waals surface area contributed by atoms with E-state index in [1.54, 1.807) is 17.0 Å². The van der Waals surface area contributed by atoms with Crippen LogP contribution >= 0.6 is 0 Å². The van der Waals surface area contributed by atoms with Crippen LogP contribution in [0.5, 0.6) is 5.75 Å². The lowest BCUT2D eigenvalue weighted by molar-refractivity contribution is 0.0255. The lowest BCUT2D eigenvalue weighted by atomic mass is 10.00. The minimum absolute atomic E-state index is 0.0545. The van der Waals surface area contributed by atoms with Crippen LogP contribution in [-0.2, 0) is 4.74 Å². The summed E-state index contributed by atoms with van der Waals surface area (Å²) >= 11 is 0. The number of carbonyl (C=O) groups excluding carboxylic acids is 1.